The highest BCUT2D eigenvalue weighted by Crippen LogP contribution is 2.30. The van der Waals surface area contributed by atoms with E-state index in [1.807, 2.05) is 19.1 Å². The van der Waals surface area contributed by atoms with E-state index in [0.29, 0.717) is 12.6 Å². The molecular weight excluding hydrogens is 200 g/mol. The third-order valence-corrected chi connectivity index (χ3v) is 3.23. The Morgan fingerprint density at radius 2 is 2.06 bits per heavy atom. The molecule has 0 radical (unpaired) electrons. The Balaban J connectivity index is 2.14. The van der Waals surface area contributed by atoms with Crippen LogP contribution in [0.15, 0.2) is 24.3 Å². The average Bonchev–Trinajstić information content (AvgIpc) is 2.61. The minimum Gasteiger partial charge on any atom is -0.494 e. The number of ether oxygens (including phenoxy) is 1. The van der Waals surface area contributed by atoms with Crippen LogP contribution in [0.2, 0.25) is 0 Å². The molecule has 2 N–H and O–H groups in total. The topological polar surface area (TPSA) is 38.5 Å². The van der Waals surface area contributed by atoms with Crippen molar-refractivity contribution in [2.75, 3.05) is 20.2 Å². The van der Waals surface area contributed by atoms with Gasteiger partial charge in [0.25, 0.3) is 0 Å². The molecule has 0 saturated carbocycles. The molecule has 0 aliphatic carbocycles. The number of hydrogen-bond donors (Lipinski definition) is 1. The van der Waals surface area contributed by atoms with E-state index in [1.165, 1.54) is 5.56 Å². The highest BCUT2D eigenvalue weighted by atomic mass is 16.5. The molecule has 88 valence electrons. The molecule has 2 unspecified atom stereocenters. The van der Waals surface area contributed by atoms with E-state index >= 15 is 0 Å². The molecule has 1 fully saturated rings. The summed E-state index contributed by atoms with van der Waals surface area (Å²) in [7, 11) is 2.13. The van der Waals surface area contributed by atoms with Crippen molar-refractivity contribution in [1.29, 1.82) is 0 Å². The Hall–Kier alpha value is -1.06. The van der Waals surface area contributed by atoms with E-state index in [1.54, 1.807) is 0 Å². The zero-order valence-corrected chi connectivity index (χ0v) is 10.0. The van der Waals surface area contributed by atoms with Crippen molar-refractivity contribution < 1.29 is 4.74 Å². The van der Waals surface area contributed by atoms with Gasteiger partial charge in [-0.3, -0.25) is 4.90 Å². The highest BCUT2D eigenvalue weighted by molar-refractivity contribution is 5.30. The summed E-state index contributed by atoms with van der Waals surface area (Å²) in [6.07, 6.45) is 1.08. The molecule has 2 rings (SSSR count). The van der Waals surface area contributed by atoms with E-state index in [9.17, 15) is 0 Å². The first kappa shape index (κ1) is 11.4. The van der Waals surface area contributed by atoms with Crippen LogP contribution in [-0.2, 0) is 0 Å². The van der Waals surface area contributed by atoms with Gasteiger partial charge in [0, 0.05) is 18.6 Å². The van der Waals surface area contributed by atoms with E-state index in [4.69, 9.17) is 10.5 Å². The summed E-state index contributed by atoms with van der Waals surface area (Å²) in [5.41, 5.74) is 7.41. The third kappa shape index (κ3) is 2.20. The van der Waals surface area contributed by atoms with Crippen molar-refractivity contribution in [2.45, 2.75) is 25.4 Å². The monoisotopic (exact) mass is 220 g/mol. The molecule has 1 aromatic rings. The molecule has 3 nitrogen and oxygen atoms in total. The molecule has 16 heavy (non-hydrogen) atoms. The Labute approximate surface area is 97.2 Å². The smallest absolute Gasteiger partial charge is 0.119 e. The molecule has 1 aliphatic heterocycles. The maximum absolute atomic E-state index is 6.13. The van der Waals surface area contributed by atoms with Gasteiger partial charge in [0.1, 0.15) is 5.75 Å². The molecule has 3 heteroatoms. The molecule has 1 aliphatic rings. The van der Waals surface area contributed by atoms with E-state index in [0.717, 1.165) is 18.7 Å². The lowest BCUT2D eigenvalue weighted by molar-refractivity contribution is 0.303. The summed E-state index contributed by atoms with van der Waals surface area (Å²) >= 11 is 0. The predicted molar refractivity (Wildman–Crippen MR) is 65.6 cm³/mol. The predicted octanol–water partition coefficient (Wildman–Crippen LogP) is 1.79. The van der Waals surface area contributed by atoms with Crippen molar-refractivity contribution in [3.8, 4) is 5.75 Å². The molecule has 0 spiro atoms. The van der Waals surface area contributed by atoms with Crippen molar-refractivity contribution >= 4 is 0 Å². The summed E-state index contributed by atoms with van der Waals surface area (Å²) in [5.74, 6) is 0.931. The molecular formula is C13H20N2O. The third-order valence-electron chi connectivity index (χ3n) is 3.23. The van der Waals surface area contributed by atoms with Crippen LogP contribution < -0.4 is 10.5 Å². The molecule has 2 atom stereocenters. The lowest BCUT2D eigenvalue weighted by Crippen LogP contribution is -2.29. The maximum Gasteiger partial charge on any atom is 0.119 e. The standard InChI is InChI=1S/C13H20N2O/c1-3-16-11-6-4-10(5-7-11)13-12(14)8-9-15(13)2/h4-7,12-13H,3,8-9,14H2,1-2H3. The van der Waals surface area contributed by atoms with E-state index < -0.39 is 0 Å². The number of benzene rings is 1. The fourth-order valence-corrected chi connectivity index (χ4v) is 2.41. The van der Waals surface area contributed by atoms with Gasteiger partial charge in [0.05, 0.1) is 6.61 Å². The van der Waals surface area contributed by atoms with E-state index in [-0.39, 0.29) is 6.04 Å². The SMILES string of the molecule is CCOc1ccc(C2C(N)CCN2C)cc1. The van der Waals surface area contributed by atoms with Gasteiger partial charge in [-0.15, -0.1) is 0 Å². The largest absolute Gasteiger partial charge is 0.494 e. The Morgan fingerprint density at radius 1 is 1.38 bits per heavy atom. The first-order valence-corrected chi connectivity index (χ1v) is 5.91. The quantitative estimate of drug-likeness (QED) is 0.844. The van der Waals surface area contributed by atoms with Crippen molar-refractivity contribution in [1.82, 2.24) is 4.90 Å². The molecule has 0 amide bonds. The van der Waals surface area contributed by atoms with Gasteiger partial charge in [0.2, 0.25) is 0 Å². The fourth-order valence-electron chi connectivity index (χ4n) is 2.41. The number of likely N-dealkylation sites (N-methyl/N-ethyl adjacent to an activating group) is 1. The van der Waals surface area contributed by atoms with Gasteiger partial charge < -0.3 is 10.5 Å². The average molecular weight is 220 g/mol. The van der Waals surface area contributed by atoms with Crippen LogP contribution in [0.4, 0.5) is 0 Å². The minimum absolute atomic E-state index is 0.253. The van der Waals surface area contributed by atoms with Gasteiger partial charge in [-0.25, -0.2) is 0 Å². The molecule has 1 heterocycles. The number of likely N-dealkylation sites (tertiary alicyclic amines) is 1. The maximum atomic E-state index is 6.13. The van der Waals surface area contributed by atoms with Crippen LogP contribution >= 0.6 is 0 Å². The van der Waals surface area contributed by atoms with Gasteiger partial charge in [-0.2, -0.15) is 0 Å². The number of hydrogen-bond acceptors (Lipinski definition) is 3. The van der Waals surface area contributed by atoms with Crippen LogP contribution in [0.25, 0.3) is 0 Å². The second kappa shape index (κ2) is 4.85. The minimum atomic E-state index is 0.253. The molecule has 1 aromatic carbocycles. The van der Waals surface area contributed by atoms with Crippen molar-refractivity contribution in [2.24, 2.45) is 5.73 Å². The Kier molecular flexibility index (Phi) is 3.46. The second-order valence-electron chi connectivity index (χ2n) is 4.38. The van der Waals surface area contributed by atoms with Gasteiger partial charge in [-0.1, -0.05) is 12.1 Å². The molecule has 0 aromatic heterocycles. The lowest BCUT2D eigenvalue weighted by Gasteiger charge is -2.23. The van der Waals surface area contributed by atoms with Gasteiger partial charge >= 0.3 is 0 Å². The van der Waals surface area contributed by atoms with Crippen LogP contribution in [0.3, 0.4) is 0 Å². The van der Waals surface area contributed by atoms with E-state index in [2.05, 4.69) is 24.1 Å². The zero-order valence-electron chi connectivity index (χ0n) is 10.0. The number of nitrogens with two attached hydrogens (primary N) is 1. The summed E-state index contributed by atoms with van der Waals surface area (Å²) in [6.45, 7) is 3.79. The summed E-state index contributed by atoms with van der Waals surface area (Å²) < 4.78 is 5.43. The van der Waals surface area contributed by atoms with Crippen LogP contribution in [0, 0.1) is 0 Å². The molecule has 0 bridgehead atoms. The normalized spacial score (nSPS) is 25.9. The van der Waals surface area contributed by atoms with Gasteiger partial charge in [0.15, 0.2) is 0 Å². The summed E-state index contributed by atoms with van der Waals surface area (Å²) in [5, 5.41) is 0. The number of rotatable bonds is 3. The first-order valence-electron chi connectivity index (χ1n) is 5.91. The Morgan fingerprint density at radius 3 is 2.56 bits per heavy atom. The highest BCUT2D eigenvalue weighted by Gasteiger charge is 2.29. The summed E-state index contributed by atoms with van der Waals surface area (Å²) in [6, 6.07) is 8.91. The van der Waals surface area contributed by atoms with Crippen molar-refractivity contribution in [3.05, 3.63) is 29.8 Å². The Bertz CT molecular complexity index is 326. The van der Waals surface area contributed by atoms with Gasteiger partial charge in [-0.05, 0) is 38.1 Å². The van der Waals surface area contributed by atoms with Crippen LogP contribution in [0.5, 0.6) is 5.75 Å². The zero-order chi connectivity index (χ0) is 11.5. The van der Waals surface area contributed by atoms with Crippen LogP contribution in [-0.4, -0.2) is 31.1 Å². The lowest BCUT2D eigenvalue weighted by atomic mass is 10.0. The van der Waals surface area contributed by atoms with Crippen molar-refractivity contribution in [3.63, 3.8) is 0 Å². The number of nitrogens with zero attached hydrogens (tertiary/aromatic N) is 1. The first-order chi connectivity index (χ1) is 7.72. The second-order valence-corrected chi connectivity index (χ2v) is 4.38. The molecule has 1 saturated heterocycles. The van der Waals surface area contributed by atoms with Crippen LogP contribution in [0.1, 0.15) is 24.9 Å². The fraction of sp³-hybridized carbons (Fsp3) is 0.538. The summed E-state index contributed by atoms with van der Waals surface area (Å²) in [4.78, 5) is 2.32.